The number of nitrogens with zero attached hydrogens (tertiary/aromatic N) is 3. The highest BCUT2D eigenvalue weighted by molar-refractivity contribution is 5.21. The zero-order chi connectivity index (χ0) is 12.5. The second kappa shape index (κ2) is 4.97. The molecule has 1 aromatic rings. The maximum Gasteiger partial charge on any atom is 0.0810 e. The van der Waals surface area contributed by atoms with Crippen molar-refractivity contribution in [2.24, 2.45) is 5.73 Å². The van der Waals surface area contributed by atoms with E-state index in [0.717, 1.165) is 31.8 Å². The Hall–Kier alpha value is -0.950. The molecule has 2 aliphatic heterocycles. The van der Waals surface area contributed by atoms with Gasteiger partial charge in [0.2, 0.25) is 0 Å². The van der Waals surface area contributed by atoms with E-state index < -0.39 is 0 Å². The molecular formula is C12H20N4O2. The van der Waals surface area contributed by atoms with Gasteiger partial charge < -0.3 is 15.6 Å². The lowest BCUT2D eigenvalue weighted by Gasteiger charge is -2.33. The van der Waals surface area contributed by atoms with E-state index in [9.17, 15) is 0 Å². The molecule has 0 bridgehead atoms. The average molecular weight is 252 g/mol. The van der Waals surface area contributed by atoms with Crippen LogP contribution in [0.5, 0.6) is 0 Å². The smallest absolute Gasteiger partial charge is 0.0810 e. The van der Waals surface area contributed by atoms with Crippen molar-refractivity contribution in [1.82, 2.24) is 14.7 Å². The Morgan fingerprint density at radius 3 is 3.06 bits per heavy atom. The Balaban J connectivity index is 1.64. The van der Waals surface area contributed by atoms with Gasteiger partial charge in [0.05, 0.1) is 32.1 Å². The Labute approximate surface area is 106 Å². The molecule has 18 heavy (non-hydrogen) atoms. The second-order valence-electron chi connectivity index (χ2n) is 5.18. The summed E-state index contributed by atoms with van der Waals surface area (Å²) in [6.07, 6.45) is 3.04. The van der Waals surface area contributed by atoms with E-state index in [1.807, 2.05) is 10.9 Å². The maximum absolute atomic E-state index is 8.89. The molecule has 100 valence electrons. The van der Waals surface area contributed by atoms with E-state index in [1.165, 1.54) is 5.56 Å². The summed E-state index contributed by atoms with van der Waals surface area (Å²) in [5.74, 6) is 0. The summed E-state index contributed by atoms with van der Waals surface area (Å²) >= 11 is 0. The third-order valence-corrected chi connectivity index (χ3v) is 3.71. The van der Waals surface area contributed by atoms with E-state index >= 15 is 0 Å². The van der Waals surface area contributed by atoms with E-state index in [0.29, 0.717) is 19.2 Å². The number of nitrogens with two attached hydrogens (primary N) is 1. The lowest BCUT2D eigenvalue weighted by Crippen LogP contribution is -2.46. The first-order valence-electron chi connectivity index (χ1n) is 6.49. The van der Waals surface area contributed by atoms with Crippen LogP contribution in [0.25, 0.3) is 0 Å². The van der Waals surface area contributed by atoms with Crippen LogP contribution in [0, 0.1) is 0 Å². The van der Waals surface area contributed by atoms with Crippen molar-refractivity contribution in [1.29, 1.82) is 0 Å². The second-order valence-corrected chi connectivity index (χ2v) is 5.18. The molecule has 0 radical (unpaired) electrons. The van der Waals surface area contributed by atoms with Crippen molar-refractivity contribution in [2.75, 3.05) is 19.8 Å². The van der Waals surface area contributed by atoms with Crippen molar-refractivity contribution < 1.29 is 9.84 Å². The number of rotatable bonds is 3. The highest BCUT2D eigenvalue weighted by atomic mass is 16.5. The van der Waals surface area contributed by atoms with Crippen LogP contribution in [0.3, 0.4) is 0 Å². The van der Waals surface area contributed by atoms with Gasteiger partial charge in [0, 0.05) is 36.9 Å². The van der Waals surface area contributed by atoms with Gasteiger partial charge in [-0.25, -0.2) is 0 Å². The molecule has 0 spiro atoms. The average Bonchev–Trinajstić information content (AvgIpc) is 2.87. The molecule has 0 aromatic carbocycles. The number of aliphatic hydroxyl groups excluding tert-OH is 1. The number of ether oxygens (including phenoxy) is 1. The Bertz CT molecular complexity index is 397. The molecule has 2 aliphatic rings. The summed E-state index contributed by atoms with van der Waals surface area (Å²) in [7, 11) is 0. The Morgan fingerprint density at radius 2 is 2.33 bits per heavy atom. The first-order chi connectivity index (χ1) is 8.76. The summed E-state index contributed by atoms with van der Waals surface area (Å²) in [6.45, 7) is 3.95. The van der Waals surface area contributed by atoms with Crippen LogP contribution in [0.2, 0.25) is 0 Å². The molecule has 1 aromatic heterocycles. The van der Waals surface area contributed by atoms with Crippen molar-refractivity contribution in [3.8, 4) is 0 Å². The highest BCUT2D eigenvalue weighted by Crippen LogP contribution is 2.26. The van der Waals surface area contributed by atoms with Gasteiger partial charge in [0.1, 0.15) is 0 Å². The maximum atomic E-state index is 8.89. The lowest BCUT2D eigenvalue weighted by atomic mass is 10.1. The summed E-state index contributed by atoms with van der Waals surface area (Å²) in [5, 5.41) is 13.4. The molecule has 0 aliphatic carbocycles. The Kier molecular flexibility index (Phi) is 3.34. The minimum absolute atomic E-state index is 0.135. The zero-order valence-electron chi connectivity index (χ0n) is 10.5. The lowest BCUT2D eigenvalue weighted by molar-refractivity contribution is 0.00498. The fourth-order valence-electron chi connectivity index (χ4n) is 2.81. The van der Waals surface area contributed by atoms with Gasteiger partial charge in [0.25, 0.3) is 0 Å². The molecule has 0 amide bonds. The van der Waals surface area contributed by atoms with Crippen molar-refractivity contribution in [2.45, 2.75) is 38.1 Å². The third kappa shape index (κ3) is 2.29. The van der Waals surface area contributed by atoms with E-state index in [4.69, 9.17) is 15.6 Å². The molecular weight excluding hydrogens is 232 g/mol. The first-order valence-corrected chi connectivity index (χ1v) is 6.49. The summed E-state index contributed by atoms with van der Waals surface area (Å²) in [5.41, 5.74) is 8.33. The summed E-state index contributed by atoms with van der Waals surface area (Å²) in [6, 6.07) is 0.570. The minimum atomic E-state index is 0.135. The van der Waals surface area contributed by atoms with Gasteiger partial charge in [-0.15, -0.1) is 0 Å². The van der Waals surface area contributed by atoms with E-state index in [2.05, 4.69) is 10.00 Å². The first kappa shape index (κ1) is 12.1. The minimum Gasteiger partial charge on any atom is -0.394 e. The van der Waals surface area contributed by atoms with Gasteiger partial charge in [-0.05, 0) is 6.42 Å². The molecule has 3 N–H and O–H groups in total. The molecule has 3 heterocycles. The largest absolute Gasteiger partial charge is 0.394 e. The number of fused-ring (bicyclic) bond motifs is 1. The SMILES string of the molecule is N[C@@H]1COC[C@H](N2Cc3cn(CCO)nc3C2)C1. The fraction of sp³-hybridized carbons (Fsp3) is 0.750. The van der Waals surface area contributed by atoms with Gasteiger partial charge in [-0.3, -0.25) is 9.58 Å². The van der Waals surface area contributed by atoms with Crippen molar-refractivity contribution in [3.05, 3.63) is 17.5 Å². The highest BCUT2D eigenvalue weighted by Gasteiger charge is 2.31. The summed E-state index contributed by atoms with van der Waals surface area (Å²) in [4.78, 5) is 2.39. The van der Waals surface area contributed by atoms with Crippen LogP contribution in [-0.4, -0.2) is 51.7 Å². The van der Waals surface area contributed by atoms with E-state index in [-0.39, 0.29) is 12.6 Å². The van der Waals surface area contributed by atoms with Gasteiger partial charge in [-0.2, -0.15) is 5.10 Å². The predicted octanol–water partition coefficient (Wildman–Crippen LogP) is -0.693. The zero-order valence-corrected chi connectivity index (χ0v) is 10.5. The van der Waals surface area contributed by atoms with E-state index in [1.54, 1.807) is 0 Å². The number of hydrogen-bond acceptors (Lipinski definition) is 5. The molecule has 0 unspecified atom stereocenters. The van der Waals surface area contributed by atoms with Crippen LogP contribution in [0.1, 0.15) is 17.7 Å². The van der Waals surface area contributed by atoms with Crippen LogP contribution in [0.4, 0.5) is 0 Å². The van der Waals surface area contributed by atoms with Crippen LogP contribution in [0.15, 0.2) is 6.20 Å². The normalized spacial score (nSPS) is 28.6. The molecule has 1 saturated heterocycles. The molecule has 2 atom stereocenters. The van der Waals surface area contributed by atoms with Crippen LogP contribution < -0.4 is 5.73 Å². The number of aliphatic hydroxyl groups is 1. The fourth-order valence-corrected chi connectivity index (χ4v) is 2.81. The van der Waals surface area contributed by atoms with Gasteiger partial charge >= 0.3 is 0 Å². The number of hydrogen-bond donors (Lipinski definition) is 2. The van der Waals surface area contributed by atoms with Gasteiger partial charge in [-0.1, -0.05) is 0 Å². The standard InChI is InChI=1S/C12H20N4O2/c13-10-3-11(8-18-7-10)15-4-9-5-16(1-2-17)14-12(9)6-15/h5,10-11,17H,1-4,6-8,13H2/t10-,11+/m0/s1. The topological polar surface area (TPSA) is 76.5 Å². The number of aromatic nitrogens is 2. The molecule has 0 saturated carbocycles. The molecule has 6 nitrogen and oxygen atoms in total. The summed E-state index contributed by atoms with van der Waals surface area (Å²) < 4.78 is 7.34. The quantitative estimate of drug-likeness (QED) is 0.744. The van der Waals surface area contributed by atoms with Crippen molar-refractivity contribution >= 4 is 0 Å². The van der Waals surface area contributed by atoms with Crippen LogP contribution in [-0.2, 0) is 24.4 Å². The molecule has 3 rings (SSSR count). The molecule has 6 heteroatoms. The molecule has 1 fully saturated rings. The third-order valence-electron chi connectivity index (χ3n) is 3.71. The Morgan fingerprint density at radius 1 is 1.44 bits per heavy atom. The monoisotopic (exact) mass is 252 g/mol. The van der Waals surface area contributed by atoms with Crippen LogP contribution >= 0.6 is 0 Å². The predicted molar refractivity (Wildman–Crippen MR) is 65.8 cm³/mol. The van der Waals surface area contributed by atoms with Gasteiger partial charge in [0.15, 0.2) is 0 Å². The van der Waals surface area contributed by atoms with Crippen molar-refractivity contribution in [3.63, 3.8) is 0 Å².